The van der Waals surface area contributed by atoms with Crippen LogP contribution >= 0.6 is 23.2 Å². The molecule has 1 aliphatic rings. The smallest absolute Gasteiger partial charge is 0.142 e. The van der Waals surface area contributed by atoms with Gasteiger partial charge >= 0.3 is 0 Å². The summed E-state index contributed by atoms with van der Waals surface area (Å²) >= 11 is 11.9. The van der Waals surface area contributed by atoms with Gasteiger partial charge in [-0.25, -0.2) is 0 Å². The quantitative estimate of drug-likeness (QED) is 0.701. The Morgan fingerprint density at radius 1 is 0.944 bits per heavy atom. The van der Waals surface area contributed by atoms with Gasteiger partial charge in [-0.1, -0.05) is 53.5 Å². The van der Waals surface area contributed by atoms with E-state index in [9.17, 15) is 0 Å². The van der Waals surface area contributed by atoms with E-state index in [2.05, 4.69) is 6.08 Å². The second-order valence-corrected chi connectivity index (χ2v) is 4.92. The van der Waals surface area contributed by atoms with Gasteiger partial charge in [-0.2, -0.15) is 0 Å². The van der Waals surface area contributed by atoms with Crippen LogP contribution in [0.5, 0.6) is 5.75 Å². The van der Waals surface area contributed by atoms with E-state index in [1.165, 1.54) is 0 Å². The monoisotopic (exact) mass is 276 g/mol. The Morgan fingerprint density at radius 3 is 2.61 bits per heavy atom. The van der Waals surface area contributed by atoms with E-state index in [-0.39, 0.29) is 6.10 Å². The molecule has 0 amide bonds. The molecule has 1 aliphatic heterocycles. The van der Waals surface area contributed by atoms with Crippen molar-refractivity contribution in [3.8, 4) is 5.75 Å². The number of rotatable bonds is 1. The lowest BCUT2D eigenvalue weighted by molar-refractivity contribution is 0.252. The van der Waals surface area contributed by atoms with Crippen LogP contribution in [0.1, 0.15) is 17.2 Å². The third-order valence-corrected chi connectivity index (χ3v) is 3.63. The first-order valence-electron chi connectivity index (χ1n) is 5.63. The van der Waals surface area contributed by atoms with Crippen LogP contribution in [-0.2, 0) is 0 Å². The summed E-state index contributed by atoms with van der Waals surface area (Å²) in [6, 6.07) is 13.5. The van der Waals surface area contributed by atoms with Crippen molar-refractivity contribution in [2.45, 2.75) is 6.10 Å². The number of para-hydroxylation sites is 1. The highest BCUT2D eigenvalue weighted by Crippen LogP contribution is 2.34. The zero-order chi connectivity index (χ0) is 12.5. The normalized spacial score (nSPS) is 17.1. The second-order valence-electron chi connectivity index (χ2n) is 4.11. The molecular weight excluding hydrogens is 267 g/mol. The summed E-state index contributed by atoms with van der Waals surface area (Å²) in [6.45, 7) is 0. The van der Waals surface area contributed by atoms with Crippen molar-refractivity contribution in [1.29, 1.82) is 0 Å². The molecule has 18 heavy (non-hydrogen) atoms. The maximum absolute atomic E-state index is 6.02. The lowest BCUT2D eigenvalue weighted by Gasteiger charge is -2.22. The van der Waals surface area contributed by atoms with Crippen LogP contribution in [0.4, 0.5) is 0 Å². The highest BCUT2D eigenvalue weighted by Gasteiger charge is 2.16. The topological polar surface area (TPSA) is 9.23 Å². The summed E-state index contributed by atoms with van der Waals surface area (Å²) in [5, 5.41) is 1.10. The zero-order valence-corrected chi connectivity index (χ0v) is 10.9. The fourth-order valence-corrected chi connectivity index (χ4v) is 2.27. The number of halogens is 2. The molecular formula is C15H10Cl2O. The Bertz CT molecular complexity index is 620. The molecule has 1 unspecified atom stereocenters. The number of hydrogen-bond donors (Lipinski definition) is 0. The first kappa shape index (κ1) is 11.6. The Hall–Kier alpha value is -1.44. The predicted octanol–water partition coefficient (Wildman–Crippen LogP) is 5.14. The van der Waals surface area contributed by atoms with E-state index in [0.717, 1.165) is 16.9 Å². The van der Waals surface area contributed by atoms with Gasteiger partial charge in [0.25, 0.3) is 0 Å². The SMILES string of the molecule is Clc1ccc(C2C=Cc3ccccc3O2)cc1Cl. The first-order chi connectivity index (χ1) is 8.74. The minimum Gasteiger partial charge on any atom is -0.481 e. The minimum absolute atomic E-state index is 0.116. The third kappa shape index (κ3) is 2.12. The Morgan fingerprint density at radius 2 is 1.78 bits per heavy atom. The predicted molar refractivity (Wildman–Crippen MR) is 75.3 cm³/mol. The van der Waals surface area contributed by atoms with Gasteiger partial charge in [0.1, 0.15) is 11.9 Å². The average molecular weight is 277 g/mol. The van der Waals surface area contributed by atoms with Gasteiger partial charge < -0.3 is 4.74 Å². The fourth-order valence-electron chi connectivity index (χ4n) is 1.96. The summed E-state index contributed by atoms with van der Waals surface area (Å²) in [6.07, 6.45) is 3.96. The Kier molecular flexibility index (Phi) is 3.02. The summed E-state index contributed by atoms with van der Waals surface area (Å²) in [5.41, 5.74) is 2.09. The van der Waals surface area contributed by atoms with Crippen molar-refractivity contribution >= 4 is 29.3 Å². The van der Waals surface area contributed by atoms with E-state index in [0.29, 0.717) is 10.0 Å². The largest absolute Gasteiger partial charge is 0.481 e. The molecule has 0 N–H and O–H groups in total. The molecule has 0 fully saturated rings. The lowest BCUT2D eigenvalue weighted by Crippen LogP contribution is -2.08. The van der Waals surface area contributed by atoms with Crippen molar-refractivity contribution in [1.82, 2.24) is 0 Å². The van der Waals surface area contributed by atoms with Gasteiger partial charge in [-0.05, 0) is 29.8 Å². The van der Waals surface area contributed by atoms with Crippen molar-refractivity contribution in [3.63, 3.8) is 0 Å². The van der Waals surface area contributed by atoms with Crippen LogP contribution in [0.2, 0.25) is 10.0 Å². The number of ether oxygens (including phenoxy) is 1. The summed E-state index contributed by atoms with van der Waals surface area (Å²) in [4.78, 5) is 0. The second kappa shape index (κ2) is 4.68. The Labute approximate surface area is 116 Å². The molecule has 0 aliphatic carbocycles. The van der Waals surface area contributed by atoms with Crippen LogP contribution in [-0.4, -0.2) is 0 Å². The Balaban J connectivity index is 1.94. The molecule has 1 heterocycles. The molecule has 2 aromatic rings. The van der Waals surface area contributed by atoms with Crippen LogP contribution in [0, 0.1) is 0 Å². The standard InChI is InChI=1S/C15H10Cl2O/c16-12-7-5-11(9-13(12)17)15-8-6-10-3-1-2-4-14(10)18-15/h1-9,15H. The summed E-state index contributed by atoms with van der Waals surface area (Å²) in [7, 11) is 0. The van der Waals surface area contributed by atoms with Gasteiger partial charge in [-0.15, -0.1) is 0 Å². The van der Waals surface area contributed by atoms with E-state index in [4.69, 9.17) is 27.9 Å². The maximum Gasteiger partial charge on any atom is 0.142 e. The van der Waals surface area contributed by atoms with Crippen molar-refractivity contribution in [2.24, 2.45) is 0 Å². The number of hydrogen-bond acceptors (Lipinski definition) is 1. The average Bonchev–Trinajstić information content (AvgIpc) is 2.41. The van der Waals surface area contributed by atoms with Gasteiger partial charge in [0.2, 0.25) is 0 Å². The molecule has 0 saturated carbocycles. The summed E-state index contributed by atoms with van der Waals surface area (Å²) < 4.78 is 5.92. The van der Waals surface area contributed by atoms with Crippen molar-refractivity contribution in [3.05, 3.63) is 69.7 Å². The number of fused-ring (bicyclic) bond motifs is 1. The van der Waals surface area contributed by atoms with Gasteiger partial charge in [0.05, 0.1) is 10.0 Å². The first-order valence-corrected chi connectivity index (χ1v) is 6.38. The fraction of sp³-hybridized carbons (Fsp3) is 0.0667. The molecule has 0 spiro atoms. The van der Waals surface area contributed by atoms with Crippen LogP contribution < -0.4 is 4.74 Å². The minimum atomic E-state index is -0.116. The molecule has 2 aromatic carbocycles. The molecule has 3 rings (SSSR count). The molecule has 90 valence electrons. The van der Waals surface area contributed by atoms with E-state index < -0.39 is 0 Å². The van der Waals surface area contributed by atoms with Gasteiger partial charge in [0.15, 0.2) is 0 Å². The maximum atomic E-state index is 6.02. The molecule has 0 aromatic heterocycles. The third-order valence-electron chi connectivity index (χ3n) is 2.90. The number of benzene rings is 2. The summed E-state index contributed by atoms with van der Waals surface area (Å²) in [5.74, 6) is 0.885. The van der Waals surface area contributed by atoms with E-state index in [1.807, 2.05) is 42.5 Å². The molecule has 0 radical (unpaired) electrons. The van der Waals surface area contributed by atoms with Crippen LogP contribution in [0.25, 0.3) is 6.08 Å². The molecule has 0 saturated heterocycles. The van der Waals surface area contributed by atoms with E-state index >= 15 is 0 Å². The van der Waals surface area contributed by atoms with E-state index in [1.54, 1.807) is 6.07 Å². The molecule has 3 heteroatoms. The molecule has 0 bridgehead atoms. The van der Waals surface area contributed by atoms with Crippen molar-refractivity contribution in [2.75, 3.05) is 0 Å². The highest BCUT2D eigenvalue weighted by atomic mass is 35.5. The van der Waals surface area contributed by atoms with Crippen LogP contribution in [0.3, 0.4) is 0 Å². The lowest BCUT2D eigenvalue weighted by atomic mass is 10.0. The van der Waals surface area contributed by atoms with Gasteiger partial charge in [0, 0.05) is 5.56 Å². The van der Waals surface area contributed by atoms with Crippen LogP contribution in [0.15, 0.2) is 48.5 Å². The molecule has 1 atom stereocenters. The zero-order valence-electron chi connectivity index (χ0n) is 9.44. The van der Waals surface area contributed by atoms with Gasteiger partial charge in [-0.3, -0.25) is 0 Å². The highest BCUT2D eigenvalue weighted by molar-refractivity contribution is 6.42. The van der Waals surface area contributed by atoms with Crippen molar-refractivity contribution < 1.29 is 4.74 Å². The molecule has 1 nitrogen and oxygen atoms in total.